The molecule has 0 spiro atoms. The molecule has 1 fully saturated rings. The minimum atomic E-state index is 0.691. The van der Waals surface area contributed by atoms with E-state index in [0.29, 0.717) is 5.92 Å². The number of aromatic nitrogens is 2. The molecule has 3 aromatic rings. The molecule has 2 heterocycles. The van der Waals surface area contributed by atoms with E-state index in [1.807, 2.05) is 16.7 Å². The van der Waals surface area contributed by atoms with E-state index in [4.69, 9.17) is 10.7 Å². The van der Waals surface area contributed by atoms with Gasteiger partial charge in [-0.15, -0.1) is 0 Å². The average molecular weight is 263 g/mol. The van der Waals surface area contributed by atoms with E-state index in [0.717, 1.165) is 22.7 Å². The van der Waals surface area contributed by atoms with Gasteiger partial charge in [0.1, 0.15) is 17.2 Å². The van der Waals surface area contributed by atoms with Crippen molar-refractivity contribution in [3.8, 4) is 11.3 Å². The Morgan fingerprint density at radius 2 is 1.95 bits per heavy atom. The Hall–Kier alpha value is -2.29. The Balaban J connectivity index is 1.99. The molecule has 0 aliphatic heterocycles. The molecule has 3 heteroatoms. The Morgan fingerprint density at radius 3 is 2.70 bits per heavy atom. The van der Waals surface area contributed by atoms with Gasteiger partial charge in [0.05, 0.1) is 0 Å². The number of pyridine rings is 1. The molecule has 1 saturated carbocycles. The molecule has 4 rings (SSSR count). The molecule has 0 unspecified atom stereocenters. The first kappa shape index (κ1) is 11.5. The molecule has 0 radical (unpaired) electrons. The van der Waals surface area contributed by atoms with Crippen molar-refractivity contribution in [1.29, 1.82) is 0 Å². The summed E-state index contributed by atoms with van der Waals surface area (Å²) >= 11 is 0. The minimum absolute atomic E-state index is 0.691. The Bertz CT molecular complexity index is 797. The van der Waals surface area contributed by atoms with Crippen LogP contribution in [0, 0.1) is 6.92 Å². The van der Waals surface area contributed by atoms with Gasteiger partial charge in [0.2, 0.25) is 0 Å². The summed E-state index contributed by atoms with van der Waals surface area (Å²) in [5.74, 6) is 1.42. The van der Waals surface area contributed by atoms with E-state index in [1.165, 1.54) is 24.0 Å². The normalized spacial score (nSPS) is 14.8. The SMILES string of the molecule is Cc1cccn2c(N)c(-c3ccccc3C3CC3)nc12. The largest absolute Gasteiger partial charge is 0.383 e. The first-order valence-corrected chi connectivity index (χ1v) is 7.08. The molecule has 20 heavy (non-hydrogen) atoms. The Labute approximate surface area is 118 Å². The lowest BCUT2D eigenvalue weighted by Crippen LogP contribution is -1.95. The minimum Gasteiger partial charge on any atom is -0.383 e. The summed E-state index contributed by atoms with van der Waals surface area (Å²) in [4.78, 5) is 4.79. The second-order valence-electron chi connectivity index (χ2n) is 5.59. The predicted molar refractivity (Wildman–Crippen MR) is 81.8 cm³/mol. The summed E-state index contributed by atoms with van der Waals surface area (Å²) < 4.78 is 1.98. The van der Waals surface area contributed by atoms with Crippen LogP contribution >= 0.6 is 0 Å². The van der Waals surface area contributed by atoms with Crippen LogP contribution in [0.15, 0.2) is 42.6 Å². The van der Waals surface area contributed by atoms with E-state index < -0.39 is 0 Å². The lowest BCUT2D eigenvalue weighted by molar-refractivity contribution is 1.13. The Kier molecular flexibility index (Phi) is 2.36. The molecule has 0 bridgehead atoms. The zero-order chi connectivity index (χ0) is 13.7. The maximum absolute atomic E-state index is 6.33. The molecule has 100 valence electrons. The number of nitrogen functional groups attached to an aromatic ring is 1. The van der Waals surface area contributed by atoms with E-state index >= 15 is 0 Å². The summed E-state index contributed by atoms with van der Waals surface area (Å²) in [6, 6.07) is 12.6. The van der Waals surface area contributed by atoms with Crippen molar-refractivity contribution in [2.24, 2.45) is 0 Å². The van der Waals surface area contributed by atoms with Gasteiger partial charge in [-0.25, -0.2) is 4.98 Å². The average Bonchev–Trinajstić information content (AvgIpc) is 3.25. The van der Waals surface area contributed by atoms with Crippen molar-refractivity contribution in [2.75, 3.05) is 5.73 Å². The predicted octanol–water partition coefficient (Wildman–Crippen LogP) is 3.77. The lowest BCUT2D eigenvalue weighted by Gasteiger charge is -2.06. The number of aryl methyl sites for hydroxylation is 1. The van der Waals surface area contributed by atoms with Crippen LogP contribution in [0.5, 0.6) is 0 Å². The van der Waals surface area contributed by atoms with Crippen molar-refractivity contribution in [3.63, 3.8) is 0 Å². The van der Waals surface area contributed by atoms with Gasteiger partial charge >= 0.3 is 0 Å². The van der Waals surface area contributed by atoms with Crippen LogP contribution in [0.25, 0.3) is 16.9 Å². The highest BCUT2D eigenvalue weighted by Crippen LogP contribution is 2.45. The zero-order valence-corrected chi connectivity index (χ0v) is 11.5. The zero-order valence-electron chi connectivity index (χ0n) is 11.5. The summed E-state index contributed by atoms with van der Waals surface area (Å²) in [6.45, 7) is 2.07. The molecule has 0 atom stereocenters. The van der Waals surface area contributed by atoms with Crippen molar-refractivity contribution in [2.45, 2.75) is 25.7 Å². The monoisotopic (exact) mass is 263 g/mol. The second kappa shape index (κ2) is 4.10. The van der Waals surface area contributed by atoms with Gasteiger partial charge < -0.3 is 5.73 Å². The highest BCUT2D eigenvalue weighted by Gasteiger charge is 2.27. The van der Waals surface area contributed by atoms with Crippen LogP contribution in [0.2, 0.25) is 0 Å². The quantitative estimate of drug-likeness (QED) is 0.764. The molecular formula is C17H17N3. The second-order valence-corrected chi connectivity index (χ2v) is 5.59. The fourth-order valence-electron chi connectivity index (χ4n) is 2.88. The number of rotatable bonds is 2. The van der Waals surface area contributed by atoms with Gasteiger partial charge in [0.15, 0.2) is 0 Å². The Morgan fingerprint density at radius 1 is 1.15 bits per heavy atom. The standard InChI is InChI=1S/C17H17N3/c1-11-5-4-10-20-16(18)15(19-17(11)20)14-7-3-2-6-13(14)12-8-9-12/h2-7,10,12H,8-9,18H2,1H3. The van der Waals surface area contributed by atoms with Crippen LogP contribution in [-0.4, -0.2) is 9.38 Å². The number of imidazole rings is 1. The molecule has 0 saturated heterocycles. The van der Waals surface area contributed by atoms with Gasteiger partial charge in [0, 0.05) is 11.8 Å². The molecule has 2 N–H and O–H groups in total. The van der Waals surface area contributed by atoms with Gasteiger partial charge in [-0.2, -0.15) is 0 Å². The molecule has 1 aromatic carbocycles. The lowest BCUT2D eigenvalue weighted by atomic mass is 10.0. The maximum atomic E-state index is 6.33. The fraction of sp³-hybridized carbons (Fsp3) is 0.235. The fourth-order valence-corrected chi connectivity index (χ4v) is 2.88. The molecule has 2 aromatic heterocycles. The molecule has 0 amide bonds. The van der Waals surface area contributed by atoms with Crippen molar-refractivity contribution >= 4 is 11.5 Å². The van der Waals surface area contributed by atoms with E-state index in [9.17, 15) is 0 Å². The van der Waals surface area contributed by atoms with Crippen LogP contribution in [-0.2, 0) is 0 Å². The first-order chi connectivity index (χ1) is 9.75. The molecular weight excluding hydrogens is 246 g/mol. The van der Waals surface area contributed by atoms with Gasteiger partial charge in [-0.05, 0) is 42.9 Å². The summed E-state index contributed by atoms with van der Waals surface area (Å²) in [6.07, 6.45) is 4.54. The van der Waals surface area contributed by atoms with Crippen molar-refractivity contribution in [3.05, 3.63) is 53.7 Å². The van der Waals surface area contributed by atoms with Crippen molar-refractivity contribution < 1.29 is 0 Å². The van der Waals surface area contributed by atoms with Crippen LogP contribution < -0.4 is 5.73 Å². The third kappa shape index (κ3) is 1.63. The van der Waals surface area contributed by atoms with E-state index in [-0.39, 0.29) is 0 Å². The molecule has 1 aliphatic rings. The number of nitrogens with zero attached hydrogens (tertiary/aromatic N) is 2. The van der Waals surface area contributed by atoms with E-state index in [2.05, 4.69) is 37.3 Å². The first-order valence-electron chi connectivity index (χ1n) is 7.08. The van der Waals surface area contributed by atoms with Crippen LogP contribution in [0.3, 0.4) is 0 Å². The topological polar surface area (TPSA) is 43.3 Å². The van der Waals surface area contributed by atoms with E-state index in [1.54, 1.807) is 0 Å². The van der Waals surface area contributed by atoms with Crippen LogP contribution in [0.1, 0.15) is 29.9 Å². The summed E-state index contributed by atoms with van der Waals surface area (Å²) in [5.41, 5.74) is 11.9. The highest BCUT2D eigenvalue weighted by atomic mass is 15.1. The number of fused-ring (bicyclic) bond motifs is 1. The third-order valence-corrected chi connectivity index (χ3v) is 4.12. The number of benzene rings is 1. The van der Waals surface area contributed by atoms with Gasteiger partial charge in [0.25, 0.3) is 0 Å². The molecule has 3 nitrogen and oxygen atoms in total. The maximum Gasteiger partial charge on any atom is 0.142 e. The van der Waals surface area contributed by atoms with Crippen molar-refractivity contribution in [1.82, 2.24) is 9.38 Å². The summed E-state index contributed by atoms with van der Waals surface area (Å²) in [5, 5.41) is 0. The van der Waals surface area contributed by atoms with Gasteiger partial charge in [-0.1, -0.05) is 30.3 Å². The number of nitrogens with two attached hydrogens (primary N) is 1. The molecule has 1 aliphatic carbocycles. The number of hydrogen-bond acceptors (Lipinski definition) is 2. The smallest absolute Gasteiger partial charge is 0.142 e. The third-order valence-electron chi connectivity index (χ3n) is 4.12. The number of hydrogen-bond donors (Lipinski definition) is 1. The van der Waals surface area contributed by atoms with Crippen LogP contribution in [0.4, 0.5) is 5.82 Å². The number of anilines is 1. The highest BCUT2D eigenvalue weighted by molar-refractivity contribution is 5.78. The summed E-state index contributed by atoms with van der Waals surface area (Å²) in [7, 11) is 0. The van der Waals surface area contributed by atoms with Gasteiger partial charge in [-0.3, -0.25) is 4.40 Å².